The van der Waals surface area contributed by atoms with Gasteiger partial charge in [0.05, 0.1) is 30.0 Å². The first-order chi connectivity index (χ1) is 16.3. The molecule has 0 spiro atoms. The third-order valence-electron chi connectivity index (χ3n) is 5.71. The van der Waals surface area contributed by atoms with E-state index in [0.717, 1.165) is 15.4 Å². The molecule has 0 aliphatic carbocycles. The van der Waals surface area contributed by atoms with Gasteiger partial charge >= 0.3 is 0 Å². The molecule has 1 saturated heterocycles. The summed E-state index contributed by atoms with van der Waals surface area (Å²) >= 11 is 0. The summed E-state index contributed by atoms with van der Waals surface area (Å²) in [6, 6.07) is 12.7. The van der Waals surface area contributed by atoms with Gasteiger partial charge in [-0.25, -0.2) is 17.7 Å². The van der Waals surface area contributed by atoms with Crippen LogP contribution in [0.1, 0.15) is 21.5 Å². The van der Waals surface area contributed by atoms with Gasteiger partial charge in [-0.15, -0.1) is 0 Å². The highest BCUT2D eigenvalue weighted by molar-refractivity contribution is 7.89. The number of nitrogens with one attached hydrogen (secondary N) is 1. The van der Waals surface area contributed by atoms with E-state index in [1.54, 1.807) is 24.7 Å². The minimum Gasteiger partial charge on any atom is -0.378 e. The van der Waals surface area contributed by atoms with Crippen molar-refractivity contribution in [2.45, 2.75) is 18.0 Å². The van der Waals surface area contributed by atoms with Crippen LogP contribution in [-0.4, -0.2) is 68.6 Å². The Balaban J connectivity index is 1.56. The fraction of sp³-hybridized carbons (Fsp3) is 0.333. The van der Waals surface area contributed by atoms with Crippen molar-refractivity contribution in [3.63, 3.8) is 0 Å². The Kier molecular flexibility index (Phi) is 7.30. The van der Waals surface area contributed by atoms with Crippen LogP contribution in [-0.2, 0) is 27.8 Å². The van der Waals surface area contributed by atoms with Crippen molar-refractivity contribution in [3.05, 3.63) is 77.9 Å². The normalized spacial score (nSPS) is 14.4. The van der Waals surface area contributed by atoms with E-state index in [2.05, 4.69) is 15.2 Å². The molecule has 1 amide bonds. The third-order valence-corrected chi connectivity index (χ3v) is 7.52. The number of rotatable bonds is 8. The molecule has 2 heterocycles. The maximum Gasteiger partial charge on any atom is 0.253 e. The largest absolute Gasteiger partial charge is 0.378 e. The first-order valence-corrected chi connectivity index (χ1v) is 12.5. The van der Waals surface area contributed by atoms with E-state index in [1.165, 1.54) is 20.2 Å². The lowest BCUT2D eigenvalue weighted by molar-refractivity contribution is 0.0949. The van der Waals surface area contributed by atoms with Gasteiger partial charge in [0.25, 0.3) is 5.91 Å². The summed E-state index contributed by atoms with van der Waals surface area (Å²) < 4.78 is 33.9. The predicted octanol–water partition coefficient (Wildman–Crippen LogP) is 1.95. The lowest BCUT2D eigenvalue weighted by Crippen LogP contribution is -2.38. The number of carbonyl (C=O) groups excluding carboxylic acids is 1. The van der Waals surface area contributed by atoms with Crippen molar-refractivity contribution >= 4 is 21.6 Å². The molecule has 3 aromatic rings. The number of benzene rings is 2. The summed E-state index contributed by atoms with van der Waals surface area (Å²) in [5.41, 5.74) is 3.08. The summed E-state index contributed by atoms with van der Waals surface area (Å²) in [6.45, 7) is 3.40. The van der Waals surface area contributed by atoms with E-state index in [1.807, 2.05) is 35.0 Å². The highest BCUT2D eigenvalue weighted by Gasteiger charge is 2.24. The second kappa shape index (κ2) is 10.4. The minimum absolute atomic E-state index is 0.0852. The highest BCUT2D eigenvalue weighted by Crippen LogP contribution is 2.26. The van der Waals surface area contributed by atoms with Gasteiger partial charge in [-0.05, 0) is 29.3 Å². The van der Waals surface area contributed by atoms with Gasteiger partial charge in [-0.1, -0.05) is 24.3 Å². The molecule has 1 aliphatic rings. The molecule has 10 heteroatoms. The molecule has 34 heavy (non-hydrogen) atoms. The quantitative estimate of drug-likeness (QED) is 0.526. The van der Waals surface area contributed by atoms with Gasteiger partial charge in [0.1, 0.15) is 0 Å². The molecule has 0 atom stereocenters. The van der Waals surface area contributed by atoms with Crippen molar-refractivity contribution in [1.82, 2.24) is 19.2 Å². The van der Waals surface area contributed by atoms with Crippen LogP contribution in [0.25, 0.3) is 0 Å². The monoisotopic (exact) mass is 483 g/mol. The molecule has 0 saturated carbocycles. The SMILES string of the molecule is CN(C)S(=O)(=O)c1ccc(N2CCOCC2)c(C(=O)NCc2cccc(Cn3ccnc3)c2)c1. The average Bonchev–Trinajstić information content (AvgIpc) is 3.36. The van der Waals surface area contributed by atoms with E-state index in [0.29, 0.717) is 50.6 Å². The molecule has 1 aromatic heterocycles. The molecular formula is C24H29N5O4S. The highest BCUT2D eigenvalue weighted by atomic mass is 32.2. The topological polar surface area (TPSA) is 96.8 Å². The van der Waals surface area contributed by atoms with Gasteiger partial charge in [0, 0.05) is 58.4 Å². The van der Waals surface area contributed by atoms with Crippen LogP contribution in [0.3, 0.4) is 0 Å². The average molecular weight is 484 g/mol. The van der Waals surface area contributed by atoms with Crippen molar-refractivity contribution < 1.29 is 17.9 Å². The Morgan fingerprint density at radius 3 is 2.59 bits per heavy atom. The smallest absolute Gasteiger partial charge is 0.253 e. The Morgan fingerprint density at radius 2 is 1.88 bits per heavy atom. The van der Waals surface area contributed by atoms with E-state index < -0.39 is 10.0 Å². The number of sulfonamides is 1. The van der Waals surface area contributed by atoms with Crippen molar-refractivity contribution in [2.75, 3.05) is 45.3 Å². The molecule has 180 valence electrons. The Labute approximate surface area is 200 Å². The summed E-state index contributed by atoms with van der Waals surface area (Å²) in [5, 5.41) is 2.96. The molecule has 0 radical (unpaired) electrons. The molecule has 9 nitrogen and oxygen atoms in total. The van der Waals surface area contributed by atoms with E-state index in [4.69, 9.17) is 4.74 Å². The molecule has 1 fully saturated rings. The lowest BCUT2D eigenvalue weighted by Gasteiger charge is -2.30. The fourth-order valence-corrected chi connectivity index (χ4v) is 4.78. The van der Waals surface area contributed by atoms with E-state index >= 15 is 0 Å². The van der Waals surface area contributed by atoms with Crippen LogP contribution in [0.2, 0.25) is 0 Å². The zero-order chi connectivity index (χ0) is 24.1. The third kappa shape index (κ3) is 5.46. The van der Waals surface area contributed by atoms with Crippen LogP contribution >= 0.6 is 0 Å². The van der Waals surface area contributed by atoms with Crippen LogP contribution < -0.4 is 10.2 Å². The molecule has 0 bridgehead atoms. The maximum absolute atomic E-state index is 13.3. The van der Waals surface area contributed by atoms with Gasteiger partial charge in [-0.3, -0.25) is 4.79 Å². The number of ether oxygens (including phenoxy) is 1. The number of imidazole rings is 1. The number of hydrogen-bond acceptors (Lipinski definition) is 6. The summed E-state index contributed by atoms with van der Waals surface area (Å²) in [4.78, 5) is 19.5. The number of nitrogens with zero attached hydrogens (tertiary/aromatic N) is 4. The Morgan fingerprint density at radius 1 is 1.12 bits per heavy atom. The summed E-state index contributed by atoms with van der Waals surface area (Å²) in [5.74, 6) is -0.322. The molecular weight excluding hydrogens is 454 g/mol. The zero-order valence-corrected chi connectivity index (χ0v) is 20.2. The van der Waals surface area contributed by atoms with Crippen LogP contribution in [0.4, 0.5) is 5.69 Å². The molecule has 1 aliphatic heterocycles. The van der Waals surface area contributed by atoms with Crippen molar-refractivity contribution in [1.29, 1.82) is 0 Å². The molecule has 2 aromatic carbocycles. The zero-order valence-electron chi connectivity index (χ0n) is 19.3. The standard InChI is InChI=1S/C24H29N5O4S/c1-27(2)34(31,32)21-6-7-23(29-10-12-33-13-11-29)22(15-21)24(30)26-16-19-4-3-5-20(14-19)17-28-9-8-25-18-28/h3-9,14-15,18H,10-13,16-17H2,1-2H3,(H,26,30). The second-order valence-corrected chi connectivity index (χ2v) is 10.5. The first-order valence-electron chi connectivity index (χ1n) is 11.1. The van der Waals surface area contributed by atoms with Gasteiger partial charge in [0.2, 0.25) is 10.0 Å². The number of amides is 1. The summed E-state index contributed by atoms with van der Waals surface area (Å²) in [6.07, 6.45) is 5.40. The molecule has 4 rings (SSSR count). The number of morpholine rings is 1. The number of aromatic nitrogens is 2. The van der Waals surface area contributed by atoms with Crippen LogP contribution in [0.5, 0.6) is 0 Å². The Bertz CT molecular complexity index is 1240. The first kappa shape index (κ1) is 23.9. The van der Waals surface area contributed by atoms with E-state index in [-0.39, 0.29) is 10.8 Å². The van der Waals surface area contributed by atoms with Gasteiger partial charge < -0.3 is 19.5 Å². The number of hydrogen-bond donors (Lipinski definition) is 1. The molecule has 1 N–H and O–H groups in total. The number of anilines is 1. The predicted molar refractivity (Wildman–Crippen MR) is 129 cm³/mol. The lowest BCUT2D eigenvalue weighted by atomic mass is 10.1. The van der Waals surface area contributed by atoms with Gasteiger partial charge in [-0.2, -0.15) is 0 Å². The maximum atomic E-state index is 13.3. The minimum atomic E-state index is -3.68. The summed E-state index contributed by atoms with van der Waals surface area (Å²) in [7, 11) is -0.727. The van der Waals surface area contributed by atoms with Gasteiger partial charge in [0.15, 0.2) is 0 Å². The number of carbonyl (C=O) groups is 1. The van der Waals surface area contributed by atoms with Crippen LogP contribution in [0, 0.1) is 0 Å². The van der Waals surface area contributed by atoms with Crippen molar-refractivity contribution in [3.8, 4) is 0 Å². The van der Waals surface area contributed by atoms with E-state index in [9.17, 15) is 13.2 Å². The Hall–Kier alpha value is -3.21. The van der Waals surface area contributed by atoms with Crippen LogP contribution in [0.15, 0.2) is 66.1 Å². The fourth-order valence-electron chi connectivity index (χ4n) is 3.85. The second-order valence-electron chi connectivity index (χ2n) is 8.30. The van der Waals surface area contributed by atoms with Crippen molar-refractivity contribution in [2.24, 2.45) is 0 Å². The molecule has 0 unspecified atom stereocenters.